The summed E-state index contributed by atoms with van der Waals surface area (Å²) in [6, 6.07) is 8.10. The molecular formula is C23H40IN3O3. The second-order valence-electron chi connectivity index (χ2n) is 7.69. The van der Waals surface area contributed by atoms with E-state index in [9.17, 15) is 0 Å². The van der Waals surface area contributed by atoms with Gasteiger partial charge in [0.05, 0.1) is 13.2 Å². The number of rotatable bonds is 13. The number of aliphatic imine (C=N–C) groups is 1. The lowest BCUT2D eigenvalue weighted by Crippen LogP contribution is -2.43. The normalized spacial score (nSPS) is 15.5. The van der Waals surface area contributed by atoms with Crippen LogP contribution in [-0.4, -0.2) is 52.6 Å². The highest BCUT2D eigenvalue weighted by Gasteiger charge is 2.33. The number of benzene rings is 1. The van der Waals surface area contributed by atoms with Crippen LogP contribution in [0.15, 0.2) is 29.3 Å². The number of nitrogens with one attached hydrogen (secondary N) is 2. The molecule has 0 bridgehead atoms. The molecule has 6 nitrogen and oxygen atoms in total. The van der Waals surface area contributed by atoms with Crippen molar-refractivity contribution in [2.24, 2.45) is 10.4 Å². The van der Waals surface area contributed by atoms with Crippen LogP contribution in [0.5, 0.6) is 5.75 Å². The van der Waals surface area contributed by atoms with Crippen molar-refractivity contribution in [1.29, 1.82) is 0 Å². The molecule has 1 aliphatic carbocycles. The molecule has 0 aliphatic heterocycles. The van der Waals surface area contributed by atoms with Gasteiger partial charge >= 0.3 is 0 Å². The summed E-state index contributed by atoms with van der Waals surface area (Å²) < 4.78 is 16.4. The molecule has 0 unspecified atom stereocenters. The first kappa shape index (κ1) is 27.0. The molecule has 0 amide bonds. The van der Waals surface area contributed by atoms with Crippen molar-refractivity contribution < 1.29 is 14.2 Å². The Morgan fingerprint density at radius 3 is 2.60 bits per heavy atom. The summed E-state index contributed by atoms with van der Waals surface area (Å²) >= 11 is 0. The summed E-state index contributed by atoms with van der Waals surface area (Å²) in [5.41, 5.74) is 1.46. The maximum atomic E-state index is 5.70. The van der Waals surface area contributed by atoms with Crippen LogP contribution in [0, 0.1) is 5.41 Å². The highest BCUT2D eigenvalue weighted by atomic mass is 127. The molecule has 0 heterocycles. The number of nitrogens with zero attached hydrogens (tertiary/aromatic N) is 1. The molecule has 0 saturated heterocycles. The Hall–Kier alpha value is -1.06. The lowest BCUT2D eigenvalue weighted by Gasteiger charge is -2.30. The smallest absolute Gasteiger partial charge is 0.191 e. The SMILES string of the molecule is CCNC(=NCc1cccc(OCCOC)c1)NCC1(CCOCC)CCCC1.I. The van der Waals surface area contributed by atoms with E-state index < -0.39 is 0 Å². The zero-order valence-electron chi connectivity index (χ0n) is 18.9. The predicted octanol–water partition coefficient (Wildman–Crippen LogP) is 4.37. The predicted molar refractivity (Wildman–Crippen MR) is 134 cm³/mol. The molecule has 1 fully saturated rings. The molecule has 30 heavy (non-hydrogen) atoms. The van der Waals surface area contributed by atoms with Crippen LogP contribution in [0.2, 0.25) is 0 Å². The number of guanidine groups is 1. The molecular weight excluding hydrogens is 493 g/mol. The fourth-order valence-corrected chi connectivity index (χ4v) is 3.83. The summed E-state index contributed by atoms with van der Waals surface area (Å²) in [7, 11) is 1.68. The molecule has 1 saturated carbocycles. The molecule has 1 aromatic rings. The second-order valence-corrected chi connectivity index (χ2v) is 7.69. The molecule has 172 valence electrons. The van der Waals surface area contributed by atoms with Crippen molar-refractivity contribution >= 4 is 29.9 Å². The van der Waals surface area contributed by atoms with Crippen molar-refractivity contribution in [3.8, 4) is 5.75 Å². The molecule has 7 heteroatoms. The Morgan fingerprint density at radius 1 is 1.10 bits per heavy atom. The van der Waals surface area contributed by atoms with Crippen molar-refractivity contribution in [3.05, 3.63) is 29.8 Å². The summed E-state index contributed by atoms with van der Waals surface area (Å²) in [5, 5.41) is 6.97. The van der Waals surface area contributed by atoms with Crippen molar-refractivity contribution in [2.45, 2.75) is 52.5 Å². The summed E-state index contributed by atoms with van der Waals surface area (Å²) in [5.74, 6) is 1.73. The first-order chi connectivity index (χ1) is 14.2. The fraction of sp³-hybridized carbons (Fsp3) is 0.696. The summed E-state index contributed by atoms with van der Waals surface area (Å²) in [6.45, 7) is 9.35. The Bertz CT molecular complexity index is 607. The van der Waals surface area contributed by atoms with E-state index in [0.29, 0.717) is 25.2 Å². The molecule has 0 aromatic heterocycles. The van der Waals surface area contributed by atoms with E-state index in [1.807, 2.05) is 18.2 Å². The number of hydrogen-bond donors (Lipinski definition) is 2. The van der Waals surface area contributed by atoms with Gasteiger partial charge in [-0.15, -0.1) is 24.0 Å². The van der Waals surface area contributed by atoms with Crippen LogP contribution in [-0.2, 0) is 16.0 Å². The van der Waals surface area contributed by atoms with Gasteiger partial charge in [0.25, 0.3) is 0 Å². The standard InChI is InChI=1S/C23H39N3O3.HI/c1-4-24-22(26-19-23(11-6-7-12-23)13-14-28-5-2)25-18-20-9-8-10-21(17-20)29-16-15-27-3;/h8-10,17H,4-7,11-16,18-19H2,1-3H3,(H2,24,25,26);1H. The maximum absolute atomic E-state index is 5.70. The number of methoxy groups -OCH3 is 1. The van der Waals surface area contributed by atoms with Crippen molar-refractivity contribution in [2.75, 3.05) is 46.6 Å². The summed E-state index contributed by atoms with van der Waals surface area (Å²) in [4.78, 5) is 4.79. The van der Waals surface area contributed by atoms with Crippen LogP contribution in [0.25, 0.3) is 0 Å². The van der Waals surface area contributed by atoms with Gasteiger partial charge < -0.3 is 24.8 Å². The zero-order chi connectivity index (χ0) is 20.8. The minimum Gasteiger partial charge on any atom is -0.491 e. The third-order valence-corrected chi connectivity index (χ3v) is 5.49. The third kappa shape index (κ3) is 9.83. The molecule has 1 aromatic carbocycles. The number of halogens is 1. The highest BCUT2D eigenvalue weighted by Crippen LogP contribution is 2.40. The average molecular weight is 533 g/mol. The molecule has 2 rings (SSSR count). The Balaban J connectivity index is 0.00000450. The van der Waals surface area contributed by atoms with Gasteiger partial charge in [-0.05, 0) is 56.2 Å². The first-order valence-electron chi connectivity index (χ1n) is 11.0. The summed E-state index contributed by atoms with van der Waals surface area (Å²) in [6.07, 6.45) is 6.30. The van der Waals surface area contributed by atoms with Gasteiger partial charge in [-0.1, -0.05) is 25.0 Å². The van der Waals surface area contributed by atoms with Gasteiger partial charge in [-0.2, -0.15) is 0 Å². The molecule has 0 spiro atoms. The van der Waals surface area contributed by atoms with E-state index in [2.05, 4.69) is 30.5 Å². The van der Waals surface area contributed by atoms with E-state index in [1.54, 1.807) is 7.11 Å². The lowest BCUT2D eigenvalue weighted by molar-refractivity contribution is 0.105. The molecule has 0 atom stereocenters. The number of hydrogen-bond acceptors (Lipinski definition) is 4. The van der Waals surface area contributed by atoms with Crippen LogP contribution >= 0.6 is 24.0 Å². The lowest BCUT2D eigenvalue weighted by atomic mass is 9.83. The van der Waals surface area contributed by atoms with Crippen LogP contribution in [0.3, 0.4) is 0 Å². The monoisotopic (exact) mass is 533 g/mol. The minimum atomic E-state index is 0. The van der Waals surface area contributed by atoms with E-state index in [-0.39, 0.29) is 24.0 Å². The highest BCUT2D eigenvalue weighted by molar-refractivity contribution is 14.0. The molecule has 0 radical (unpaired) electrons. The largest absolute Gasteiger partial charge is 0.491 e. The Kier molecular flexibility index (Phi) is 14.1. The molecule has 1 aliphatic rings. The van der Waals surface area contributed by atoms with Crippen LogP contribution in [0.4, 0.5) is 0 Å². The van der Waals surface area contributed by atoms with Crippen molar-refractivity contribution in [3.63, 3.8) is 0 Å². The van der Waals surface area contributed by atoms with Gasteiger partial charge in [0.15, 0.2) is 5.96 Å². The maximum Gasteiger partial charge on any atom is 0.191 e. The van der Waals surface area contributed by atoms with Gasteiger partial charge in [0.1, 0.15) is 12.4 Å². The topological polar surface area (TPSA) is 64.1 Å². The number of ether oxygens (including phenoxy) is 3. The Labute approximate surface area is 199 Å². The van der Waals surface area contributed by atoms with E-state index in [0.717, 1.165) is 50.0 Å². The Morgan fingerprint density at radius 2 is 1.90 bits per heavy atom. The van der Waals surface area contributed by atoms with Gasteiger partial charge in [0.2, 0.25) is 0 Å². The van der Waals surface area contributed by atoms with E-state index >= 15 is 0 Å². The molecule has 2 N–H and O–H groups in total. The van der Waals surface area contributed by atoms with Crippen LogP contribution < -0.4 is 15.4 Å². The first-order valence-corrected chi connectivity index (χ1v) is 11.0. The van der Waals surface area contributed by atoms with Gasteiger partial charge in [0, 0.05) is 33.4 Å². The third-order valence-electron chi connectivity index (χ3n) is 5.49. The van der Waals surface area contributed by atoms with E-state index in [1.165, 1.54) is 25.7 Å². The second kappa shape index (κ2) is 15.7. The van der Waals surface area contributed by atoms with Gasteiger partial charge in [-0.25, -0.2) is 4.99 Å². The zero-order valence-corrected chi connectivity index (χ0v) is 21.2. The average Bonchev–Trinajstić information content (AvgIpc) is 3.20. The quantitative estimate of drug-likeness (QED) is 0.171. The fourth-order valence-electron chi connectivity index (χ4n) is 3.83. The minimum absolute atomic E-state index is 0. The van der Waals surface area contributed by atoms with Gasteiger partial charge in [-0.3, -0.25) is 0 Å². The van der Waals surface area contributed by atoms with Crippen LogP contribution in [0.1, 0.15) is 51.5 Å². The van der Waals surface area contributed by atoms with E-state index in [4.69, 9.17) is 19.2 Å². The van der Waals surface area contributed by atoms with Crippen molar-refractivity contribution in [1.82, 2.24) is 10.6 Å².